The van der Waals surface area contributed by atoms with Crippen molar-refractivity contribution in [1.29, 1.82) is 0 Å². The van der Waals surface area contributed by atoms with E-state index >= 15 is 0 Å². The van der Waals surface area contributed by atoms with Gasteiger partial charge < -0.3 is 9.47 Å². The molecule has 32 heavy (non-hydrogen) atoms. The fraction of sp³-hybridized carbons (Fsp3) is 0.150. The number of nitro benzene ring substituents is 1. The van der Waals surface area contributed by atoms with E-state index < -0.39 is 20.5 Å². The van der Waals surface area contributed by atoms with Crippen LogP contribution in [0.25, 0.3) is 18.3 Å². The predicted molar refractivity (Wildman–Crippen MR) is 117 cm³/mol. The number of H-pyrrole nitrogens is 1. The summed E-state index contributed by atoms with van der Waals surface area (Å²) >= 11 is 0. The number of nitrogens with one attached hydrogen (secondary N) is 1. The highest BCUT2D eigenvalue weighted by atomic mass is 32.2. The highest BCUT2D eigenvalue weighted by Gasteiger charge is 2.21. The number of nitrogens with zero attached hydrogens (tertiary/aromatic N) is 2. The smallest absolute Gasteiger partial charge is 0.315 e. The number of aromatic nitrogens is 2. The molecular formula is C20H20N4O7S. The number of hydrogen-bond acceptors (Lipinski definition) is 7. The molecule has 12 heteroatoms. The first-order chi connectivity index (χ1) is 15.1. The third kappa shape index (κ3) is 4.40. The van der Waals surface area contributed by atoms with Crippen molar-refractivity contribution in [3.63, 3.8) is 0 Å². The molecular weight excluding hydrogens is 440 g/mol. The number of primary sulfonamides is 1. The van der Waals surface area contributed by atoms with Crippen molar-refractivity contribution in [1.82, 2.24) is 9.78 Å². The van der Waals surface area contributed by atoms with Gasteiger partial charge in [0.1, 0.15) is 0 Å². The highest BCUT2D eigenvalue weighted by Crippen LogP contribution is 2.38. The molecule has 3 N–H and O–H groups in total. The lowest BCUT2D eigenvalue weighted by Crippen LogP contribution is -2.34. The molecule has 0 spiro atoms. The SMILES string of the molecule is C=c1[nH]n(-c2ccc(S(N)(=O)=O)cc2)c(=O)/c1=C\c1cc(OC)c(OCC)c([N+](=O)[O-])c1. The largest absolute Gasteiger partial charge is 0.493 e. The van der Waals surface area contributed by atoms with Crippen molar-refractivity contribution >= 4 is 28.4 Å². The molecule has 3 rings (SSSR count). The van der Waals surface area contributed by atoms with Crippen molar-refractivity contribution in [3.8, 4) is 17.2 Å². The number of sulfonamides is 1. The van der Waals surface area contributed by atoms with Crippen LogP contribution < -0.4 is 30.7 Å². The second kappa shape index (κ2) is 8.69. The number of ether oxygens (including phenoxy) is 2. The maximum Gasteiger partial charge on any atom is 0.315 e. The van der Waals surface area contributed by atoms with Crippen molar-refractivity contribution in [2.45, 2.75) is 11.8 Å². The molecule has 11 nitrogen and oxygen atoms in total. The van der Waals surface area contributed by atoms with Gasteiger partial charge in [-0.15, -0.1) is 0 Å². The van der Waals surface area contributed by atoms with Gasteiger partial charge in [0, 0.05) is 6.07 Å². The second-order valence-corrected chi connectivity index (χ2v) is 8.15. The molecule has 168 valence electrons. The van der Waals surface area contributed by atoms with E-state index in [-0.39, 0.29) is 39.3 Å². The number of nitro groups is 1. The Morgan fingerprint density at radius 3 is 2.47 bits per heavy atom. The summed E-state index contributed by atoms with van der Waals surface area (Å²) in [6.07, 6.45) is 1.43. The predicted octanol–water partition coefficient (Wildman–Crippen LogP) is 0.368. The van der Waals surface area contributed by atoms with Gasteiger partial charge in [-0.2, -0.15) is 0 Å². The van der Waals surface area contributed by atoms with Crippen LogP contribution in [0.4, 0.5) is 5.69 Å². The minimum atomic E-state index is -3.87. The summed E-state index contributed by atoms with van der Waals surface area (Å²) in [5.41, 5.74) is -0.122. The number of methoxy groups -OCH3 is 1. The summed E-state index contributed by atoms with van der Waals surface area (Å²) in [4.78, 5) is 23.8. The molecule has 1 aromatic heterocycles. The first kappa shape index (κ1) is 22.8. The van der Waals surface area contributed by atoms with E-state index in [2.05, 4.69) is 11.7 Å². The maximum atomic E-state index is 12.9. The Morgan fingerprint density at radius 2 is 1.94 bits per heavy atom. The normalized spacial score (nSPS) is 12.0. The van der Waals surface area contributed by atoms with Crippen LogP contribution in [0, 0.1) is 10.1 Å². The van der Waals surface area contributed by atoms with E-state index in [4.69, 9.17) is 14.6 Å². The lowest BCUT2D eigenvalue weighted by atomic mass is 10.1. The number of nitrogens with two attached hydrogens (primary N) is 1. The van der Waals surface area contributed by atoms with E-state index in [0.29, 0.717) is 11.3 Å². The Hall–Kier alpha value is -3.90. The van der Waals surface area contributed by atoms with E-state index in [1.54, 1.807) is 6.92 Å². The van der Waals surface area contributed by atoms with Gasteiger partial charge >= 0.3 is 5.69 Å². The Balaban J connectivity index is 2.16. The Morgan fingerprint density at radius 1 is 1.28 bits per heavy atom. The van der Waals surface area contributed by atoms with Gasteiger partial charge in [0.15, 0.2) is 5.75 Å². The summed E-state index contributed by atoms with van der Waals surface area (Å²) in [7, 11) is -2.52. The van der Waals surface area contributed by atoms with Crippen LogP contribution in [0.15, 0.2) is 46.1 Å². The van der Waals surface area contributed by atoms with Crippen LogP contribution in [0.2, 0.25) is 0 Å². The van der Waals surface area contributed by atoms with E-state index in [1.165, 1.54) is 54.3 Å². The number of rotatable bonds is 7. The Labute approximate surface area is 182 Å². The standard InChI is InChI=1S/C20H20N4O7S/c1-4-31-19-17(24(26)27)10-13(11-18(19)30-3)9-16-12(2)22-23(20(16)25)14-5-7-15(8-6-14)32(21,28)29/h5-11,22H,2,4H2,1,3H3,(H2,21,28,29)/b16-9-. The van der Waals surface area contributed by atoms with Crippen molar-refractivity contribution in [3.05, 3.63) is 73.0 Å². The summed E-state index contributed by atoms with van der Waals surface area (Å²) in [5, 5.41) is 19.8. The topological polar surface area (TPSA) is 160 Å². The maximum absolute atomic E-state index is 12.9. The van der Waals surface area contributed by atoms with Gasteiger partial charge in [-0.25, -0.2) is 18.2 Å². The van der Waals surface area contributed by atoms with Gasteiger partial charge in [-0.3, -0.25) is 20.0 Å². The first-order valence-corrected chi connectivity index (χ1v) is 10.8. The third-order valence-electron chi connectivity index (χ3n) is 4.50. The minimum Gasteiger partial charge on any atom is -0.493 e. The fourth-order valence-corrected chi connectivity index (χ4v) is 3.56. The number of hydrogen-bond donors (Lipinski definition) is 2. The number of benzene rings is 2. The van der Waals surface area contributed by atoms with Crippen molar-refractivity contribution in [2.24, 2.45) is 5.14 Å². The zero-order valence-electron chi connectivity index (χ0n) is 17.2. The molecule has 0 fully saturated rings. The van der Waals surface area contributed by atoms with Gasteiger partial charge in [0.05, 0.1) is 39.8 Å². The monoisotopic (exact) mass is 460 g/mol. The molecule has 0 aliphatic rings. The van der Waals surface area contributed by atoms with Crippen LogP contribution >= 0.6 is 0 Å². The third-order valence-corrected chi connectivity index (χ3v) is 5.43. The second-order valence-electron chi connectivity index (χ2n) is 6.59. The molecule has 0 unspecified atom stereocenters. The summed E-state index contributed by atoms with van der Waals surface area (Å²) in [6.45, 7) is 5.71. The molecule has 0 aliphatic heterocycles. The zero-order chi connectivity index (χ0) is 23.6. The summed E-state index contributed by atoms with van der Waals surface area (Å²) < 4.78 is 34.6. The summed E-state index contributed by atoms with van der Waals surface area (Å²) in [6, 6.07) is 8.13. The molecule has 0 saturated heterocycles. The van der Waals surface area contributed by atoms with Crippen LogP contribution in [0.3, 0.4) is 0 Å². The van der Waals surface area contributed by atoms with E-state index in [0.717, 1.165) is 0 Å². The van der Waals surface area contributed by atoms with Gasteiger partial charge in [0.25, 0.3) is 5.56 Å². The molecule has 0 bridgehead atoms. The zero-order valence-corrected chi connectivity index (χ0v) is 18.0. The van der Waals surface area contributed by atoms with Crippen LogP contribution in [-0.2, 0) is 10.0 Å². The minimum absolute atomic E-state index is 0.00609. The van der Waals surface area contributed by atoms with E-state index in [9.17, 15) is 23.3 Å². The Bertz CT molecular complexity index is 1460. The molecule has 0 atom stereocenters. The Kier molecular flexibility index (Phi) is 6.18. The molecule has 0 radical (unpaired) electrons. The first-order valence-electron chi connectivity index (χ1n) is 9.21. The number of aromatic amines is 1. The van der Waals surface area contributed by atoms with Crippen molar-refractivity contribution in [2.75, 3.05) is 13.7 Å². The van der Waals surface area contributed by atoms with E-state index in [1.807, 2.05) is 0 Å². The average Bonchev–Trinajstić information content (AvgIpc) is 3.02. The van der Waals surface area contributed by atoms with Crippen LogP contribution in [0.1, 0.15) is 12.5 Å². The quantitative estimate of drug-likeness (QED) is 0.380. The van der Waals surface area contributed by atoms with Crippen LogP contribution in [0.5, 0.6) is 11.5 Å². The van der Waals surface area contributed by atoms with Gasteiger partial charge in [0.2, 0.25) is 15.8 Å². The van der Waals surface area contributed by atoms with Gasteiger partial charge in [-0.05, 0) is 48.9 Å². The molecule has 1 heterocycles. The summed E-state index contributed by atoms with van der Waals surface area (Å²) in [5.74, 6) is 0.140. The molecule has 3 aromatic rings. The molecule has 0 saturated carbocycles. The lowest BCUT2D eigenvalue weighted by molar-refractivity contribution is -0.385. The van der Waals surface area contributed by atoms with Crippen LogP contribution in [-0.4, -0.2) is 36.8 Å². The molecule has 0 aliphatic carbocycles. The molecule has 0 amide bonds. The highest BCUT2D eigenvalue weighted by molar-refractivity contribution is 7.89. The molecule has 2 aromatic carbocycles. The lowest BCUT2D eigenvalue weighted by Gasteiger charge is -2.10. The van der Waals surface area contributed by atoms with Gasteiger partial charge in [-0.1, -0.05) is 6.58 Å². The van der Waals surface area contributed by atoms with Crippen molar-refractivity contribution < 1.29 is 22.8 Å². The fourth-order valence-electron chi connectivity index (χ4n) is 3.05. The average molecular weight is 460 g/mol.